The summed E-state index contributed by atoms with van der Waals surface area (Å²) >= 11 is 6.96. The minimum atomic E-state index is -0.544. The van der Waals surface area contributed by atoms with E-state index in [2.05, 4.69) is 0 Å². The predicted molar refractivity (Wildman–Crippen MR) is 74.0 cm³/mol. The van der Waals surface area contributed by atoms with E-state index in [-0.39, 0.29) is 16.3 Å². The van der Waals surface area contributed by atoms with Gasteiger partial charge in [0.05, 0.1) is 4.92 Å². The number of halogens is 3. The van der Waals surface area contributed by atoms with Crippen LogP contribution in [0.25, 0.3) is 0 Å². The number of hydrogen-bond acceptors (Lipinski definition) is 3. The van der Waals surface area contributed by atoms with Gasteiger partial charge >= 0.3 is 0 Å². The summed E-state index contributed by atoms with van der Waals surface area (Å²) in [6.45, 7) is 0. The minimum absolute atomic E-state index is 0.0929. The van der Waals surface area contributed by atoms with Gasteiger partial charge in [0.25, 0.3) is 5.69 Å². The largest absolute Gasteiger partial charge is 0.269 e. The van der Waals surface area contributed by atoms with Crippen LogP contribution in [0.15, 0.2) is 41.3 Å². The molecular weight excluding hydrogens is 308 g/mol. The topological polar surface area (TPSA) is 43.1 Å². The molecule has 0 unspecified atom stereocenters. The van der Waals surface area contributed by atoms with Crippen molar-refractivity contribution in [3.05, 3.63) is 68.7 Å². The molecule has 0 atom stereocenters. The maximum Gasteiger partial charge on any atom is 0.269 e. The molecular formula is C13H8ClF2NO2S. The number of nitro benzene ring substituents is 1. The number of nitrogens with zero attached hydrogens (tertiary/aromatic N) is 1. The molecule has 0 aliphatic rings. The smallest absolute Gasteiger partial charge is 0.258 e. The Balaban J connectivity index is 2.20. The number of nitro groups is 1. The molecule has 2 aromatic carbocycles. The fraction of sp³-hybridized carbons (Fsp3) is 0.0769. The molecule has 0 aromatic heterocycles. The van der Waals surface area contributed by atoms with Gasteiger partial charge in [-0.05, 0) is 29.8 Å². The van der Waals surface area contributed by atoms with Crippen molar-refractivity contribution in [1.29, 1.82) is 0 Å². The molecule has 0 amide bonds. The van der Waals surface area contributed by atoms with Gasteiger partial charge in [-0.1, -0.05) is 11.6 Å². The van der Waals surface area contributed by atoms with Gasteiger partial charge in [0.2, 0.25) is 0 Å². The Morgan fingerprint density at radius 3 is 2.65 bits per heavy atom. The first-order valence-corrected chi connectivity index (χ1v) is 6.84. The molecule has 0 saturated carbocycles. The van der Waals surface area contributed by atoms with E-state index in [1.54, 1.807) is 0 Å². The van der Waals surface area contributed by atoms with E-state index in [0.29, 0.717) is 10.6 Å². The molecule has 0 radical (unpaired) electrons. The van der Waals surface area contributed by atoms with Crippen molar-refractivity contribution in [3.8, 4) is 0 Å². The second-order valence-corrected chi connectivity index (χ2v) is 5.32. The molecule has 104 valence electrons. The molecule has 0 saturated heterocycles. The highest BCUT2D eigenvalue weighted by molar-refractivity contribution is 7.98. The van der Waals surface area contributed by atoms with Crippen LogP contribution < -0.4 is 0 Å². The lowest BCUT2D eigenvalue weighted by atomic mass is 10.2. The zero-order valence-electron chi connectivity index (χ0n) is 9.98. The van der Waals surface area contributed by atoms with E-state index in [1.807, 2.05) is 0 Å². The molecule has 2 aromatic rings. The van der Waals surface area contributed by atoms with Crippen molar-refractivity contribution in [1.82, 2.24) is 0 Å². The van der Waals surface area contributed by atoms with Crippen LogP contribution in [-0.2, 0) is 5.75 Å². The van der Waals surface area contributed by atoms with Gasteiger partial charge < -0.3 is 0 Å². The standard InChI is InChI=1S/C13H8ClF2NO2S/c14-11-3-2-10(17(18)19)5-8(11)7-20-13-6-9(15)1-4-12(13)16/h1-6H,7H2. The molecule has 0 fully saturated rings. The average Bonchev–Trinajstić information content (AvgIpc) is 2.41. The third-order valence-corrected chi connectivity index (χ3v) is 3.96. The van der Waals surface area contributed by atoms with Crippen LogP contribution in [0.3, 0.4) is 0 Å². The van der Waals surface area contributed by atoms with E-state index in [1.165, 1.54) is 18.2 Å². The first kappa shape index (κ1) is 14.7. The number of non-ortho nitro benzene ring substituents is 1. The fourth-order valence-electron chi connectivity index (χ4n) is 1.53. The fourth-order valence-corrected chi connectivity index (χ4v) is 2.74. The van der Waals surface area contributed by atoms with Crippen LogP contribution in [0.5, 0.6) is 0 Å². The highest BCUT2D eigenvalue weighted by Crippen LogP contribution is 2.30. The molecule has 2 rings (SSSR count). The highest BCUT2D eigenvalue weighted by Gasteiger charge is 2.11. The molecule has 0 N–H and O–H groups in total. The van der Waals surface area contributed by atoms with Crippen LogP contribution in [0.2, 0.25) is 5.02 Å². The SMILES string of the molecule is O=[N+]([O-])c1ccc(Cl)c(CSc2cc(F)ccc2F)c1. The Hall–Kier alpha value is -1.66. The zero-order valence-corrected chi connectivity index (χ0v) is 11.5. The minimum Gasteiger partial charge on any atom is -0.258 e. The molecule has 20 heavy (non-hydrogen) atoms. The van der Waals surface area contributed by atoms with Crippen molar-refractivity contribution in [3.63, 3.8) is 0 Å². The summed E-state index contributed by atoms with van der Waals surface area (Å²) in [6, 6.07) is 7.17. The van der Waals surface area contributed by atoms with E-state index in [0.717, 1.165) is 30.0 Å². The second-order valence-electron chi connectivity index (χ2n) is 3.90. The summed E-state index contributed by atoms with van der Waals surface area (Å²) in [4.78, 5) is 10.3. The lowest BCUT2D eigenvalue weighted by Gasteiger charge is -2.05. The Morgan fingerprint density at radius 2 is 1.95 bits per heavy atom. The third kappa shape index (κ3) is 3.46. The average molecular weight is 316 g/mol. The maximum absolute atomic E-state index is 13.5. The van der Waals surface area contributed by atoms with Crippen LogP contribution in [0, 0.1) is 21.7 Å². The van der Waals surface area contributed by atoms with Crippen molar-refractivity contribution in [2.24, 2.45) is 0 Å². The van der Waals surface area contributed by atoms with Crippen molar-refractivity contribution >= 4 is 29.1 Å². The summed E-state index contributed by atoms with van der Waals surface area (Å²) < 4.78 is 26.5. The number of benzene rings is 2. The molecule has 0 aliphatic carbocycles. The number of rotatable bonds is 4. The van der Waals surface area contributed by atoms with Crippen molar-refractivity contribution in [2.45, 2.75) is 10.6 Å². The van der Waals surface area contributed by atoms with Crippen molar-refractivity contribution < 1.29 is 13.7 Å². The van der Waals surface area contributed by atoms with Gasteiger partial charge in [-0.15, -0.1) is 11.8 Å². The van der Waals surface area contributed by atoms with Crippen molar-refractivity contribution in [2.75, 3.05) is 0 Å². The lowest BCUT2D eigenvalue weighted by molar-refractivity contribution is -0.384. The Morgan fingerprint density at radius 1 is 1.20 bits per heavy atom. The maximum atomic E-state index is 13.5. The number of thioether (sulfide) groups is 1. The molecule has 0 bridgehead atoms. The van der Waals surface area contributed by atoms with Gasteiger partial charge in [0.1, 0.15) is 11.6 Å². The zero-order chi connectivity index (χ0) is 14.7. The van der Waals surface area contributed by atoms with Crippen LogP contribution in [0.4, 0.5) is 14.5 Å². The Kier molecular flexibility index (Phi) is 4.57. The van der Waals surface area contributed by atoms with E-state index in [4.69, 9.17) is 11.6 Å². The second kappa shape index (κ2) is 6.19. The van der Waals surface area contributed by atoms with Gasteiger partial charge in [-0.2, -0.15) is 0 Å². The highest BCUT2D eigenvalue weighted by atomic mass is 35.5. The third-order valence-electron chi connectivity index (χ3n) is 2.52. The summed E-state index contributed by atoms with van der Waals surface area (Å²) in [7, 11) is 0. The summed E-state index contributed by atoms with van der Waals surface area (Å²) in [6.07, 6.45) is 0. The van der Waals surface area contributed by atoms with Crippen LogP contribution in [-0.4, -0.2) is 4.92 Å². The van der Waals surface area contributed by atoms with Gasteiger partial charge in [-0.3, -0.25) is 10.1 Å². The Bertz CT molecular complexity index is 667. The normalized spacial score (nSPS) is 10.6. The summed E-state index contributed by atoms with van der Waals surface area (Å²) in [5.41, 5.74) is 0.402. The molecule has 0 aliphatic heterocycles. The molecule has 0 heterocycles. The molecule has 3 nitrogen and oxygen atoms in total. The summed E-state index contributed by atoms with van der Waals surface area (Å²) in [5.74, 6) is -0.877. The first-order valence-electron chi connectivity index (χ1n) is 5.48. The quantitative estimate of drug-likeness (QED) is 0.461. The van der Waals surface area contributed by atoms with Crippen LogP contribution in [0.1, 0.15) is 5.56 Å². The number of hydrogen-bond donors (Lipinski definition) is 0. The van der Waals surface area contributed by atoms with Crippen LogP contribution >= 0.6 is 23.4 Å². The first-order chi connectivity index (χ1) is 9.47. The molecule has 0 spiro atoms. The van der Waals surface area contributed by atoms with E-state index in [9.17, 15) is 18.9 Å². The van der Waals surface area contributed by atoms with E-state index < -0.39 is 16.6 Å². The van der Waals surface area contributed by atoms with E-state index >= 15 is 0 Å². The van der Waals surface area contributed by atoms with Gasteiger partial charge in [-0.25, -0.2) is 8.78 Å². The summed E-state index contributed by atoms with van der Waals surface area (Å²) in [5, 5.41) is 11.0. The predicted octanol–water partition coefficient (Wildman–Crippen LogP) is 4.82. The van der Waals surface area contributed by atoms with Gasteiger partial charge in [0.15, 0.2) is 0 Å². The molecule has 7 heteroatoms. The monoisotopic (exact) mass is 315 g/mol. The lowest BCUT2D eigenvalue weighted by Crippen LogP contribution is -1.91. The van der Waals surface area contributed by atoms with Gasteiger partial charge in [0, 0.05) is 27.8 Å². The Labute approximate surface area is 122 Å².